The first-order chi connectivity index (χ1) is 6.23. The van der Waals surface area contributed by atoms with Gasteiger partial charge in [-0.05, 0) is 19.8 Å². The van der Waals surface area contributed by atoms with Crippen LogP contribution in [0.5, 0.6) is 0 Å². The second-order valence-electron chi connectivity index (χ2n) is 3.60. The lowest BCUT2D eigenvalue weighted by Crippen LogP contribution is -2.24. The van der Waals surface area contributed by atoms with Gasteiger partial charge in [0.1, 0.15) is 11.1 Å². The Hall–Kier alpha value is 0.0700. The molecule has 1 aromatic rings. The van der Waals surface area contributed by atoms with Crippen LogP contribution in [0.1, 0.15) is 30.9 Å². The highest BCUT2D eigenvalue weighted by Crippen LogP contribution is 2.40. The number of ether oxygens (including phenoxy) is 1. The van der Waals surface area contributed by atoms with Crippen LogP contribution in [0, 0.1) is 0 Å². The molecule has 0 aromatic carbocycles. The molecule has 1 fully saturated rings. The summed E-state index contributed by atoms with van der Waals surface area (Å²) < 4.78 is 5.94. The van der Waals surface area contributed by atoms with Crippen LogP contribution in [0.3, 0.4) is 0 Å². The van der Waals surface area contributed by atoms with E-state index in [1.54, 1.807) is 11.3 Å². The summed E-state index contributed by atoms with van der Waals surface area (Å²) in [5.74, 6) is 0. The van der Waals surface area contributed by atoms with E-state index in [0.717, 1.165) is 23.2 Å². The van der Waals surface area contributed by atoms with E-state index in [1.807, 2.05) is 11.6 Å². The number of halogens is 1. The molecule has 2 heterocycles. The van der Waals surface area contributed by atoms with E-state index in [1.165, 1.54) is 0 Å². The highest BCUT2D eigenvalue weighted by molar-refractivity contribution is 9.09. The molecule has 0 aliphatic carbocycles. The molecule has 1 aliphatic heterocycles. The van der Waals surface area contributed by atoms with E-state index in [-0.39, 0.29) is 11.7 Å². The van der Waals surface area contributed by atoms with Crippen LogP contribution in [-0.4, -0.2) is 15.9 Å². The summed E-state index contributed by atoms with van der Waals surface area (Å²) in [5, 5.41) is 4.02. The quantitative estimate of drug-likeness (QED) is 0.764. The first kappa shape index (κ1) is 9.62. The van der Waals surface area contributed by atoms with Crippen LogP contribution in [0.15, 0.2) is 11.6 Å². The standard InChI is InChI=1S/C9H12BrNOS/c1-9(6-10)3-2-7(12-9)8-11-4-5-13-8/h4-5,7H,2-3,6H2,1H3. The van der Waals surface area contributed by atoms with Gasteiger partial charge >= 0.3 is 0 Å². The van der Waals surface area contributed by atoms with Gasteiger partial charge in [-0.1, -0.05) is 15.9 Å². The normalized spacial score (nSPS) is 33.8. The third-order valence-electron chi connectivity index (χ3n) is 2.37. The lowest BCUT2D eigenvalue weighted by Gasteiger charge is -2.21. The summed E-state index contributed by atoms with van der Waals surface area (Å²) in [6.45, 7) is 2.15. The molecule has 2 unspecified atom stereocenters. The van der Waals surface area contributed by atoms with Gasteiger partial charge in [-0.15, -0.1) is 11.3 Å². The van der Waals surface area contributed by atoms with E-state index >= 15 is 0 Å². The van der Waals surface area contributed by atoms with Gasteiger partial charge in [0.05, 0.1) is 5.60 Å². The average molecular weight is 262 g/mol. The van der Waals surface area contributed by atoms with Crippen LogP contribution >= 0.6 is 27.3 Å². The Morgan fingerprint density at radius 2 is 2.69 bits per heavy atom. The second-order valence-corrected chi connectivity index (χ2v) is 5.09. The lowest BCUT2D eigenvalue weighted by atomic mass is 10.1. The Balaban J connectivity index is 2.07. The van der Waals surface area contributed by atoms with Crippen molar-refractivity contribution < 1.29 is 4.74 Å². The van der Waals surface area contributed by atoms with Crippen molar-refractivity contribution in [3.63, 3.8) is 0 Å². The fourth-order valence-corrected chi connectivity index (χ4v) is 2.68. The van der Waals surface area contributed by atoms with Gasteiger partial charge in [0.15, 0.2) is 0 Å². The maximum atomic E-state index is 5.94. The molecule has 4 heteroatoms. The molecular formula is C9H12BrNOS. The molecule has 0 N–H and O–H groups in total. The number of rotatable bonds is 2. The molecular weight excluding hydrogens is 250 g/mol. The van der Waals surface area contributed by atoms with Crippen molar-refractivity contribution in [1.29, 1.82) is 0 Å². The summed E-state index contributed by atoms with van der Waals surface area (Å²) >= 11 is 5.16. The maximum absolute atomic E-state index is 5.94. The predicted octanol–water partition coefficient (Wildman–Crippen LogP) is 3.15. The Labute approximate surface area is 90.5 Å². The summed E-state index contributed by atoms with van der Waals surface area (Å²) in [4.78, 5) is 4.28. The highest BCUT2D eigenvalue weighted by atomic mass is 79.9. The molecule has 1 aliphatic rings. The number of nitrogens with zero attached hydrogens (tertiary/aromatic N) is 1. The summed E-state index contributed by atoms with van der Waals surface area (Å²) in [5.41, 5.74) is 0.0103. The van der Waals surface area contributed by atoms with Gasteiger partial charge in [0, 0.05) is 16.9 Å². The summed E-state index contributed by atoms with van der Waals surface area (Å²) in [6, 6.07) is 0. The van der Waals surface area contributed by atoms with Crippen molar-refractivity contribution in [3.05, 3.63) is 16.6 Å². The topological polar surface area (TPSA) is 22.1 Å². The molecule has 1 aromatic heterocycles. The van der Waals surface area contributed by atoms with Crippen LogP contribution < -0.4 is 0 Å². The van der Waals surface area contributed by atoms with Crippen molar-refractivity contribution >= 4 is 27.3 Å². The smallest absolute Gasteiger partial charge is 0.121 e. The number of thiazole rings is 1. The fourth-order valence-electron chi connectivity index (χ4n) is 1.56. The van der Waals surface area contributed by atoms with Crippen molar-refractivity contribution in [1.82, 2.24) is 4.98 Å². The van der Waals surface area contributed by atoms with E-state index < -0.39 is 0 Å². The molecule has 13 heavy (non-hydrogen) atoms. The molecule has 0 amide bonds. The Morgan fingerprint density at radius 3 is 3.23 bits per heavy atom. The van der Waals surface area contributed by atoms with Crippen LogP contribution in [0.25, 0.3) is 0 Å². The van der Waals surface area contributed by atoms with Crippen LogP contribution in [0.2, 0.25) is 0 Å². The third kappa shape index (κ3) is 1.95. The molecule has 1 saturated heterocycles. The van der Waals surface area contributed by atoms with E-state index in [4.69, 9.17) is 4.74 Å². The Kier molecular flexibility index (Phi) is 2.72. The minimum Gasteiger partial charge on any atom is -0.364 e. The Bertz CT molecular complexity index is 277. The minimum absolute atomic E-state index is 0.0103. The van der Waals surface area contributed by atoms with Crippen LogP contribution in [-0.2, 0) is 4.74 Å². The monoisotopic (exact) mass is 261 g/mol. The first-order valence-corrected chi connectivity index (χ1v) is 6.37. The minimum atomic E-state index is 0.0103. The zero-order valence-electron chi connectivity index (χ0n) is 7.50. The highest BCUT2D eigenvalue weighted by Gasteiger charge is 2.36. The Morgan fingerprint density at radius 1 is 1.85 bits per heavy atom. The number of hydrogen-bond donors (Lipinski definition) is 0. The van der Waals surface area contributed by atoms with Crippen LogP contribution in [0.4, 0.5) is 0 Å². The first-order valence-electron chi connectivity index (χ1n) is 4.37. The summed E-state index contributed by atoms with van der Waals surface area (Å²) in [7, 11) is 0. The third-order valence-corrected chi connectivity index (χ3v) is 4.43. The maximum Gasteiger partial charge on any atom is 0.121 e. The SMILES string of the molecule is CC1(CBr)CCC(c2nccs2)O1. The van der Waals surface area contributed by atoms with Gasteiger partial charge in [-0.3, -0.25) is 0 Å². The largest absolute Gasteiger partial charge is 0.364 e. The fraction of sp³-hybridized carbons (Fsp3) is 0.667. The van der Waals surface area contributed by atoms with Gasteiger partial charge in [0.2, 0.25) is 0 Å². The van der Waals surface area contributed by atoms with Crippen molar-refractivity contribution in [2.75, 3.05) is 5.33 Å². The number of hydrogen-bond acceptors (Lipinski definition) is 3. The lowest BCUT2D eigenvalue weighted by molar-refractivity contribution is -0.0122. The average Bonchev–Trinajstić information content (AvgIpc) is 2.73. The molecule has 2 rings (SSSR count). The van der Waals surface area contributed by atoms with E-state index in [0.29, 0.717) is 0 Å². The summed E-state index contributed by atoms with van der Waals surface area (Å²) in [6.07, 6.45) is 4.27. The van der Waals surface area contributed by atoms with Gasteiger partial charge in [-0.25, -0.2) is 4.98 Å². The van der Waals surface area contributed by atoms with Crippen molar-refractivity contribution in [2.24, 2.45) is 0 Å². The van der Waals surface area contributed by atoms with Gasteiger partial charge in [-0.2, -0.15) is 0 Å². The van der Waals surface area contributed by atoms with Crippen molar-refractivity contribution in [3.8, 4) is 0 Å². The van der Waals surface area contributed by atoms with Gasteiger partial charge in [0.25, 0.3) is 0 Å². The number of alkyl halides is 1. The predicted molar refractivity (Wildman–Crippen MR) is 57.4 cm³/mol. The van der Waals surface area contributed by atoms with E-state index in [2.05, 4.69) is 27.8 Å². The molecule has 0 bridgehead atoms. The molecule has 2 atom stereocenters. The molecule has 2 nitrogen and oxygen atoms in total. The molecule has 0 radical (unpaired) electrons. The second kappa shape index (κ2) is 3.67. The molecule has 0 spiro atoms. The van der Waals surface area contributed by atoms with Crippen molar-refractivity contribution in [2.45, 2.75) is 31.5 Å². The zero-order chi connectivity index (χ0) is 9.31. The molecule has 0 saturated carbocycles. The van der Waals surface area contributed by atoms with E-state index in [9.17, 15) is 0 Å². The zero-order valence-corrected chi connectivity index (χ0v) is 9.90. The molecule has 72 valence electrons. The van der Waals surface area contributed by atoms with Gasteiger partial charge < -0.3 is 4.74 Å². The number of aromatic nitrogens is 1.